The van der Waals surface area contributed by atoms with Gasteiger partial charge in [0.05, 0.1) is 10.6 Å². The molecule has 1 aliphatic heterocycles. The fraction of sp³-hybridized carbons (Fsp3) is 0.533. The van der Waals surface area contributed by atoms with Crippen LogP contribution in [0.3, 0.4) is 0 Å². The Labute approximate surface area is 254 Å². The summed E-state index contributed by atoms with van der Waals surface area (Å²) >= 11 is 6.47. The van der Waals surface area contributed by atoms with Crippen molar-refractivity contribution in [3.8, 4) is 0 Å². The number of halogens is 4. The smallest absolute Gasteiger partial charge is 0.339 e. The number of rotatable bonds is 10. The molecule has 1 aliphatic rings. The maximum absolute atomic E-state index is 13.4. The highest BCUT2D eigenvalue weighted by Gasteiger charge is 2.38. The molecule has 2 aromatic heterocycles. The normalized spacial score (nSPS) is 14.9. The lowest BCUT2D eigenvalue weighted by molar-refractivity contribution is -0.141. The average molecular weight is 622 g/mol. The molecule has 3 heterocycles. The molecule has 0 bridgehead atoms. The van der Waals surface area contributed by atoms with Crippen molar-refractivity contribution in [3.63, 3.8) is 0 Å². The third kappa shape index (κ3) is 7.77. The lowest BCUT2D eigenvalue weighted by Gasteiger charge is -2.36. The summed E-state index contributed by atoms with van der Waals surface area (Å²) in [5.74, 6) is -0.230. The minimum Gasteiger partial charge on any atom is -0.339 e. The van der Waals surface area contributed by atoms with Crippen LogP contribution in [-0.2, 0) is 19.0 Å². The number of carbonyl (C=O) groups excluding carboxylic acids is 2. The highest BCUT2D eigenvalue weighted by molar-refractivity contribution is 6.34. The third-order valence-electron chi connectivity index (χ3n) is 8.52. The Morgan fingerprint density at radius 1 is 1.19 bits per heavy atom. The first-order valence-electron chi connectivity index (χ1n) is 14.4. The first-order valence-corrected chi connectivity index (χ1v) is 14.8. The number of hydrogen-bond acceptors (Lipinski definition) is 5. The Hall–Kier alpha value is -3.38. The lowest BCUT2D eigenvalue weighted by atomic mass is 9.86. The van der Waals surface area contributed by atoms with Gasteiger partial charge in [0.25, 0.3) is 11.8 Å². The molecule has 0 spiro atoms. The van der Waals surface area contributed by atoms with Crippen molar-refractivity contribution in [2.45, 2.75) is 71.0 Å². The molecule has 0 unspecified atom stereocenters. The molecule has 43 heavy (non-hydrogen) atoms. The van der Waals surface area contributed by atoms with E-state index in [9.17, 15) is 22.8 Å². The van der Waals surface area contributed by atoms with Crippen molar-refractivity contribution in [1.82, 2.24) is 30.0 Å². The van der Waals surface area contributed by atoms with Gasteiger partial charge in [0.1, 0.15) is 0 Å². The van der Waals surface area contributed by atoms with Crippen LogP contribution in [0.4, 0.5) is 18.9 Å². The zero-order valence-corrected chi connectivity index (χ0v) is 25.9. The standard InChI is InChI=1S/C30H39ClF3N7O2/c1-6-24-22(25(39-38-24)30(32,33)34)15-20-17-35-26(36-20)27(42)37-19-7-8-21(23(31)16-19)28(43)41-13-10-18(11-14-41)9-12-29(2,3)40(4)5/h7-8,16-18H,6,9-15H2,1-5H3,(H,35,36)(H,37,42)(H,38,39). The van der Waals surface area contributed by atoms with Crippen LogP contribution >= 0.6 is 11.6 Å². The molecule has 0 radical (unpaired) electrons. The molecular formula is C30H39ClF3N7O2. The molecule has 1 fully saturated rings. The fourth-order valence-electron chi connectivity index (χ4n) is 5.21. The number of nitrogens with one attached hydrogen (secondary N) is 3. The second-order valence-corrected chi connectivity index (χ2v) is 12.4. The van der Waals surface area contributed by atoms with Gasteiger partial charge in [-0.25, -0.2) is 4.98 Å². The van der Waals surface area contributed by atoms with Crippen LogP contribution in [0.25, 0.3) is 0 Å². The number of alkyl halides is 3. The zero-order valence-electron chi connectivity index (χ0n) is 25.2. The summed E-state index contributed by atoms with van der Waals surface area (Å²) in [5.41, 5.74) is 0.573. The number of piperidine rings is 1. The number of hydrogen-bond donors (Lipinski definition) is 3. The van der Waals surface area contributed by atoms with Gasteiger partial charge in [-0.3, -0.25) is 14.7 Å². The summed E-state index contributed by atoms with van der Waals surface area (Å²) in [7, 11) is 4.19. The Bertz CT molecular complexity index is 1440. The maximum Gasteiger partial charge on any atom is 0.435 e. The summed E-state index contributed by atoms with van der Waals surface area (Å²) in [6, 6.07) is 4.68. The molecule has 2 amide bonds. The van der Waals surface area contributed by atoms with Gasteiger partial charge in [0.2, 0.25) is 0 Å². The second-order valence-electron chi connectivity index (χ2n) is 11.9. The topological polar surface area (TPSA) is 110 Å². The van der Waals surface area contributed by atoms with Gasteiger partial charge in [0.15, 0.2) is 11.5 Å². The van der Waals surface area contributed by atoms with E-state index in [1.807, 2.05) is 4.90 Å². The molecule has 9 nitrogen and oxygen atoms in total. The predicted octanol–water partition coefficient (Wildman–Crippen LogP) is 6.18. The van der Waals surface area contributed by atoms with Gasteiger partial charge >= 0.3 is 6.18 Å². The number of H-pyrrole nitrogens is 2. The Kier molecular flexibility index (Phi) is 9.90. The van der Waals surface area contributed by atoms with Gasteiger partial charge in [-0.2, -0.15) is 18.3 Å². The monoisotopic (exact) mass is 621 g/mol. The summed E-state index contributed by atoms with van der Waals surface area (Å²) in [6.07, 6.45) is 1.05. The van der Waals surface area contributed by atoms with E-state index < -0.39 is 17.8 Å². The number of carbonyl (C=O) groups is 2. The molecule has 0 aliphatic carbocycles. The molecule has 234 valence electrons. The molecule has 13 heteroatoms. The molecular weight excluding hydrogens is 583 g/mol. The Morgan fingerprint density at radius 2 is 1.88 bits per heavy atom. The average Bonchev–Trinajstić information content (AvgIpc) is 3.59. The van der Waals surface area contributed by atoms with Crippen molar-refractivity contribution in [2.75, 3.05) is 32.5 Å². The molecule has 3 N–H and O–H groups in total. The quantitative estimate of drug-likeness (QED) is 0.250. The number of imidazole rings is 1. The summed E-state index contributed by atoms with van der Waals surface area (Å²) in [6.45, 7) is 7.55. The number of benzene rings is 1. The molecule has 1 aromatic carbocycles. The zero-order chi connectivity index (χ0) is 31.5. The van der Waals surface area contributed by atoms with E-state index in [0.717, 1.165) is 25.7 Å². The van der Waals surface area contributed by atoms with Crippen LogP contribution in [0.5, 0.6) is 0 Å². The van der Waals surface area contributed by atoms with Crippen LogP contribution in [0, 0.1) is 5.92 Å². The number of nitrogens with zero attached hydrogens (tertiary/aromatic N) is 4. The molecule has 4 rings (SSSR count). The SMILES string of the molecule is CCc1[nH]nc(C(F)(F)F)c1Cc1cnc(C(=O)Nc2ccc(C(=O)N3CCC(CCC(C)(C)N(C)C)CC3)c(Cl)c2)[nH]1. The van der Waals surface area contributed by atoms with E-state index in [4.69, 9.17) is 11.6 Å². The third-order valence-corrected chi connectivity index (χ3v) is 8.83. The number of likely N-dealkylation sites (tertiary alicyclic amines) is 1. The molecule has 3 aromatic rings. The summed E-state index contributed by atoms with van der Waals surface area (Å²) in [4.78, 5) is 36.9. The first kappa shape index (κ1) is 32.5. The van der Waals surface area contributed by atoms with E-state index >= 15 is 0 Å². The minimum absolute atomic E-state index is 0.00940. The number of amides is 2. The van der Waals surface area contributed by atoms with Crippen LogP contribution in [0.2, 0.25) is 5.02 Å². The number of aromatic nitrogens is 4. The van der Waals surface area contributed by atoms with Crippen molar-refractivity contribution in [2.24, 2.45) is 5.92 Å². The number of anilines is 1. The van der Waals surface area contributed by atoms with Crippen LogP contribution in [-0.4, -0.2) is 74.5 Å². The molecule has 0 saturated carbocycles. The summed E-state index contributed by atoms with van der Waals surface area (Å²) < 4.78 is 40.2. The Morgan fingerprint density at radius 3 is 2.49 bits per heavy atom. The maximum atomic E-state index is 13.4. The Balaban J connectivity index is 1.34. The first-order chi connectivity index (χ1) is 20.2. The molecule has 1 saturated heterocycles. The van der Waals surface area contributed by atoms with Gasteiger partial charge < -0.3 is 20.1 Å². The fourth-order valence-corrected chi connectivity index (χ4v) is 5.47. The van der Waals surface area contributed by atoms with E-state index in [2.05, 4.69) is 58.3 Å². The number of aryl methyl sites for hydroxylation is 1. The van der Waals surface area contributed by atoms with E-state index in [1.165, 1.54) is 12.3 Å². The largest absolute Gasteiger partial charge is 0.435 e. The van der Waals surface area contributed by atoms with Gasteiger partial charge in [-0.15, -0.1) is 0 Å². The summed E-state index contributed by atoms with van der Waals surface area (Å²) in [5, 5.41) is 8.75. The highest BCUT2D eigenvalue weighted by Crippen LogP contribution is 2.33. The van der Waals surface area contributed by atoms with Crippen LogP contribution in [0.15, 0.2) is 24.4 Å². The van der Waals surface area contributed by atoms with E-state index in [-0.39, 0.29) is 34.3 Å². The minimum atomic E-state index is -4.61. The second kappa shape index (κ2) is 13.1. The van der Waals surface area contributed by atoms with Crippen molar-refractivity contribution in [3.05, 3.63) is 63.5 Å². The van der Waals surface area contributed by atoms with Crippen LogP contribution < -0.4 is 5.32 Å². The van der Waals surface area contributed by atoms with E-state index in [0.29, 0.717) is 48.1 Å². The van der Waals surface area contributed by atoms with Crippen molar-refractivity contribution >= 4 is 29.1 Å². The highest BCUT2D eigenvalue weighted by atomic mass is 35.5. The predicted molar refractivity (Wildman–Crippen MR) is 159 cm³/mol. The number of aromatic amines is 2. The van der Waals surface area contributed by atoms with Crippen molar-refractivity contribution in [1.29, 1.82) is 0 Å². The van der Waals surface area contributed by atoms with Crippen LogP contribution in [0.1, 0.15) is 90.1 Å². The lowest BCUT2D eigenvalue weighted by Crippen LogP contribution is -2.41. The van der Waals surface area contributed by atoms with Gasteiger partial charge in [0, 0.05) is 53.9 Å². The molecule has 0 atom stereocenters. The van der Waals surface area contributed by atoms with Crippen molar-refractivity contribution < 1.29 is 22.8 Å². The van der Waals surface area contributed by atoms with E-state index in [1.54, 1.807) is 19.1 Å². The van der Waals surface area contributed by atoms with Gasteiger partial charge in [-0.05, 0) is 84.2 Å². The van der Waals surface area contributed by atoms with Gasteiger partial charge in [-0.1, -0.05) is 18.5 Å².